The molecule has 1 saturated heterocycles. The summed E-state index contributed by atoms with van der Waals surface area (Å²) in [7, 11) is 0. The smallest absolute Gasteiger partial charge is 0.243 e. The minimum atomic E-state index is -1.00. The number of likely N-dealkylation sites (tertiary alicyclic amines) is 1. The molecule has 8 nitrogen and oxygen atoms in total. The number of aryl methyl sites for hydroxylation is 1. The number of rotatable bonds is 11. The van der Waals surface area contributed by atoms with Crippen LogP contribution in [0.5, 0.6) is 0 Å². The molecule has 3 atom stereocenters. The first-order chi connectivity index (χ1) is 18.5. The van der Waals surface area contributed by atoms with Crippen molar-refractivity contribution in [2.45, 2.75) is 98.2 Å². The lowest BCUT2D eigenvalue weighted by molar-refractivity contribution is -0.140. The maximum absolute atomic E-state index is 14.5. The highest BCUT2D eigenvalue weighted by molar-refractivity contribution is 5.92. The second kappa shape index (κ2) is 13.7. The molecule has 3 N–H and O–H groups in total. The summed E-state index contributed by atoms with van der Waals surface area (Å²) in [6, 6.07) is 3.54. The third-order valence-corrected chi connectivity index (χ3v) is 7.40. The Balaban J connectivity index is 1.73. The number of aromatic amines is 1. The van der Waals surface area contributed by atoms with Gasteiger partial charge < -0.3 is 20.5 Å². The average molecular weight is 542 g/mol. The fraction of sp³-hybridized carbons (Fsp3) is 0.600. The van der Waals surface area contributed by atoms with Crippen molar-refractivity contribution in [3.8, 4) is 11.3 Å². The van der Waals surface area contributed by atoms with Gasteiger partial charge in [0, 0.05) is 24.6 Å². The van der Waals surface area contributed by atoms with E-state index >= 15 is 0 Å². The van der Waals surface area contributed by atoms with E-state index in [4.69, 9.17) is 0 Å². The molecule has 0 aliphatic carbocycles. The van der Waals surface area contributed by atoms with Crippen LogP contribution < -0.4 is 10.6 Å². The van der Waals surface area contributed by atoms with Crippen molar-refractivity contribution < 1.29 is 18.8 Å². The monoisotopic (exact) mass is 541 g/mol. The van der Waals surface area contributed by atoms with Crippen LogP contribution in [0.1, 0.15) is 90.6 Å². The number of hydrogen-bond acceptors (Lipinski definition) is 4. The van der Waals surface area contributed by atoms with E-state index in [1.165, 1.54) is 12.3 Å². The van der Waals surface area contributed by atoms with Crippen LogP contribution in [-0.2, 0) is 14.4 Å². The zero-order valence-corrected chi connectivity index (χ0v) is 24.1. The van der Waals surface area contributed by atoms with E-state index < -0.39 is 18.0 Å². The average Bonchev–Trinajstić information content (AvgIpc) is 3.37. The number of halogens is 1. The maximum atomic E-state index is 14.5. The number of carbonyl (C=O) groups is 3. The van der Waals surface area contributed by atoms with Gasteiger partial charge >= 0.3 is 0 Å². The molecule has 1 unspecified atom stereocenters. The van der Waals surface area contributed by atoms with Gasteiger partial charge in [-0.2, -0.15) is 0 Å². The third kappa shape index (κ3) is 8.38. The molecule has 0 bridgehead atoms. The van der Waals surface area contributed by atoms with Crippen LogP contribution in [0.4, 0.5) is 4.39 Å². The molecule has 3 amide bonds. The predicted molar refractivity (Wildman–Crippen MR) is 150 cm³/mol. The van der Waals surface area contributed by atoms with Gasteiger partial charge in [0.2, 0.25) is 17.7 Å². The van der Waals surface area contributed by atoms with Crippen LogP contribution in [0.15, 0.2) is 24.4 Å². The Morgan fingerprint density at radius 3 is 2.54 bits per heavy atom. The van der Waals surface area contributed by atoms with E-state index in [0.29, 0.717) is 41.9 Å². The number of amides is 3. The molecule has 1 aliphatic heterocycles. The lowest BCUT2D eigenvalue weighted by Crippen LogP contribution is -2.52. The van der Waals surface area contributed by atoms with Gasteiger partial charge in [-0.3, -0.25) is 14.4 Å². The fourth-order valence-electron chi connectivity index (χ4n) is 5.06. The second-order valence-corrected chi connectivity index (χ2v) is 11.5. The molecular weight excluding hydrogens is 497 g/mol. The van der Waals surface area contributed by atoms with Crippen molar-refractivity contribution in [2.24, 2.45) is 11.8 Å². The van der Waals surface area contributed by atoms with E-state index in [2.05, 4.69) is 34.4 Å². The number of imidazole rings is 1. The third-order valence-electron chi connectivity index (χ3n) is 7.40. The van der Waals surface area contributed by atoms with Gasteiger partial charge in [-0.15, -0.1) is 0 Å². The fourth-order valence-corrected chi connectivity index (χ4v) is 5.06. The van der Waals surface area contributed by atoms with Crippen LogP contribution in [0.25, 0.3) is 11.3 Å². The van der Waals surface area contributed by atoms with Crippen LogP contribution in [0.2, 0.25) is 0 Å². The normalized spacial score (nSPS) is 17.3. The van der Waals surface area contributed by atoms with Gasteiger partial charge in [0.15, 0.2) is 0 Å². The number of benzene rings is 1. The summed E-state index contributed by atoms with van der Waals surface area (Å²) < 4.78 is 14.5. The first-order valence-electron chi connectivity index (χ1n) is 14.2. The molecule has 1 aliphatic rings. The highest BCUT2D eigenvalue weighted by Gasteiger charge is 2.33. The predicted octanol–water partition coefficient (Wildman–Crippen LogP) is 5.05. The van der Waals surface area contributed by atoms with E-state index in [1.807, 2.05) is 31.7 Å². The Morgan fingerprint density at radius 2 is 1.87 bits per heavy atom. The molecule has 3 rings (SSSR count). The molecule has 0 spiro atoms. The zero-order chi connectivity index (χ0) is 28.7. The van der Waals surface area contributed by atoms with E-state index in [1.54, 1.807) is 13.0 Å². The molecule has 9 heteroatoms. The second-order valence-electron chi connectivity index (χ2n) is 11.5. The van der Waals surface area contributed by atoms with Crippen LogP contribution in [0, 0.1) is 24.6 Å². The summed E-state index contributed by atoms with van der Waals surface area (Å²) in [4.78, 5) is 48.8. The molecule has 1 aromatic carbocycles. The molecule has 39 heavy (non-hydrogen) atoms. The topological polar surface area (TPSA) is 107 Å². The van der Waals surface area contributed by atoms with Crippen molar-refractivity contribution in [2.75, 3.05) is 6.54 Å². The van der Waals surface area contributed by atoms with Crippen LogP contribution in [0.3, 0.4) is 0 Å². The van der Waals surface area contributed by atoms with Crippen molar-refractivity contribution in [3.63, 3.8) is 0 Å². The Bertz CT molecular complexity index is 1150. The lowest BCUT2D eigenvalue weighted by atomic mass is 9.92. The van der Waals surface area contributed by atoms with Gasteiger partial charge in [0.25, 0.3) is 0 Å². The SMILES string of the molecule is Cc1ccc(-c2cnc([C@H](C)NC(=O)[C@H](CC(=O)N3CCCCC3C(C)C)NC(=O)CCC(C)C)[nH]2)c(F)c1. The molecule has 2 heterocycles. The first-order valence-corrected chi connectivity index (χ1v) is 14.2. The van der Waals surface area contributed by atoms with E-state index in [0.717, 1.165) is 24.8 Å². The molecule has 2 aromatic rings. The van der Waals surface area contributed by atoms with Crippen molar-refractivity contribution in [3.05, 3.63) is 41.6 Å². The Hall–Kier alpha value is -3.23. The molecule has 0 radical (unpaired) electrons. The molecule has 0 saturated carbocycles. The Morgan fingerprint density at radius 1 is 1.13 bits per heavy atom. The quantitative estimate of drug-likeness (QED) is 0.370. The number of carbonyl (C=O) groups excluding carboxylic acids is 3. The summed E-state index contributed by atoms with van der Waals surface area (Å²) in [6.45, 7) is 12.5. The summed E-state index contributed by atoms with van der Waals surface area (Å²) in [5.74, 6) is -0.0808. The molecule has 214 valence electrons. The molecule has 1 fully saturated rings. The molecule has 1 aromatic heterocycles. The molecular formula is C30H44FN5O3. The number of nitrogens with zero attached hydrogens (tertiary/aromatic N) is 2. The van der Waals surface area contributed by atoms with Gasteiger partial charge in [-0.05, 0) is 69.1 Å². The highest BCUT2D eigenvalue weighted by Crippen LogP contribution is 2.25. The van der Waals surface area contributed by atoms with E-state index in [9.17, 15) is 18.8 Å². The van der Waals surface area contributed by atoms with Crippen LogP contribution in [-0.4, -0.2) is 51.2 Å². The number of H-pyrrole nitrogens is 1. The van der Waals surface area contributed by atoms with Gasteiger partial charge in [0.05, 0.1) is 24.4 Å². The first kappa shape index (κ1) is 30.3. The van der Waals surface area contributed by atoms with Gasteiger partial charge in [-0.25, -0.2) is 9.37 Å². The summed E-state index contributed by atoms with van der Waals surface area (Å²) >= 11 is 0. The number of piperidine rings is 1. The zero-order valence-electron chi connectivity index (χ0n) is 24.1. The summed E-state index contributed by atoms with van der Waals surface area (Å²) in [5.41, 5.74) is 1.71. The van der Waals surface area contributed by atoms with Crippen molar-refractivity contribution >= 4 is 17.7 Å². The van der Waals surface area contributed by atoms with Gasteiger partial charge in [-0.1, -0.05) is 33.8 Å². The van der Waals surface area contributed by atoms with Crippen molar-refractivity contribution in [1.82, 2.24) is 25.5 Å². The van der Waals surface area contributed by atoms with Crippen LogP contribution >= 0.6 is 0 Å². The largest absolute Gasteiger partial charge is 0.345 e. The Kier molecular flexibility index (Phi) is 10.7. The number of aromatic nitrogens is 2. The highest BCUT2D eigenvalue weighted by atomic mass is 19.1. The van der Waals surface area contributed by atoms with E-state index in [-0.39, 0.29) is 36.5 Å². The minimum absolute atomic E-state index is 0.104. The number of nitrogens with one attached hydrogen (secondary N) is 3. The standard InChI is InChI=1S/C30H44FN5O3/c1-18(2)10-13-27(37)34-24(16-28(38)36-14-8-7-9-26(36)19(3)4)30(39)33-21(6)29-32-17-25(35-29)22-12-11-20(5)15-23(22)31/h11-12,15,17-19,21,24,26H,7-10,13-14,16H2,1-6H3,(H,32,35)(H,33,39)(H,34,37)/t21-,24-,26?/m0/s1. The number of hydrogen-bond donors (Lipinski definition) is 3. The van der Waals surface area contributed by atoms with Gasteiger partial charge in [0.1, 0.15) is 17.7 Å². The Labute approximate surface area is 231 Å². The van der Waals surface area contributed by atoms with Crippen molar-refractivity contribution in [1.29, 1.82) is 0 Å². The minimum Gasteiger partial charge on any atom is -0.345 e. The lowest BCUT2D eigenvalue weighted by Gasteiger charge is -2.39. The maximum Gasteiger partial charge on any atom is 0.243 e. The summed E-state index contributed by atoms with van der Waals surface area (Å²) in [6.07, 6.45) is 5.37. The summed E-state index contributed by atoms with van der Waals surface area (Å²) in [5, 5.41) is 5.69.